The first kappa shape index (κ1) is 13.4. The molecule has 0 aromatic rings. The predicted molar refractivity (Wildman–Crippen MR) is 74.2 cm³/mol. The zero-order valence-electron chi connectivity index (χ0n) is 11.8. The highest BCUT2D eigenvalue weighted by Crippen LogP contribution is 2.37. The van der Waals surface area contributed by atoms with Crippen LogP contribution >= 0.6 is 0 Å². The SMILES string of the molecule is CC(C)CCCNCCN1CC2CCCC2C1. The molecule has 100 valence electrons. The number of hydrogen-bond donors (Lipinski definition) is 1. The molecule has 2 atom stereocenters. The summed E-state index contributed by atoms with van der Waals surface area (Å²) >= 11 is 0. The molecule has 1 heterocycles. The first-order chi connectivity index (χ1) is 8.25. The molecular weight excluding hydrogens is 208 g/mol. The molecule has 2 fully saturated rings. The van der Waals surface area contributed by atoms with Gasteiger partial charge >= 0.3 is 0 Å². The van der Waals surface area contributed by atoms with E-state index in [9.17, 15) is 0 Å². The molecule has 1 saturated heterocycles. The number of likely N-dealkylation sites (tertiary alicyclic amines) is 1. The van der Waals surface area contributed by atoms with Crippen LogP contribution in [0.4, 0.5) is 0 Å². The number of hydrogen-bond acceptors (Lipinski definition) is 2. The normalized spacial score (nSPS) is 29.1. The van der Waals surface area contributed by atoms with E-state index in [-0.39, 0.29) is 0 Å². The largest absolute Gasteiger partial charge is 0.315 e. The lowest BCUT2D eigenvalue weighted by molar-refractivity contribution is 0.309. The Hall–Kier alpha value is -0.0800. The van der Waals surface area contributed by atoms with Gasteiger partial charge in [0.1, 0.15) is 0 Å². The Balaban J connectivity index is 1.46. The fourth-order valence-corrected chi connectivity index (χ4v) is 3.51. The molecule has 2 aliphatic rings. The van der Waals surface area contributed by atoms with Gasteiger partial charge in [-0.15, -0.1) is 0 Å². The van der Waals surface area contributed by atoms with Gasteiger partial charge in [-0.3, -0.25) is 0 Å². The van der Waals surface area contributed by atoms with Crippen molar-refractivity contribution in [3.63, 3.8) is 0 Å². The second-order valence-corrected chi connectivity index (χ2v) is 6.50. The Morgan fingerprint density at radius 1 is 1.12 bits per heavy atom. The van der Waals surface area contributed by atoms with Crippen LogP contribution in [-0.4, -0.2) is 37.6 Å². The van der Waals surface area contributed by atoms with E-state index in [0.717, 1.165) is 17.8 Å². The molecule has 1 saturated carbocycles. The minimum atomic E-state index is 0.856. The van der Waals surface area contributed by atoms with E-state index >= 15 is 0 Å². The van der Waals surface area contributed by atoms with Crippen LogP contribution in [0.1, 0.15) is 46.0 Å². The zero-order chi connectivity index (χ0) is 12.1. The van der Waals surface area contributed by atoms with Gasteiger partial charge in [-0.05, 0) is 50.0 Å². The zero-order valence-corrected chi connectivity index (χ0v) is 11.8. The maximum absolute atomic E-state index is 3.59. The van der Waals surface area contributed by atoms with Gasteiger partial charge in [0.05, 0.1) is 0 Å². The first-order valence-corrected chi connectivity index (χ1v) is 7.69. The minimum absolute atomic E-state index is 0.856. The molecular formula is C15H30N2. The van der Waals surface area contributed by atoms with E-state index in [1.165, 1.54) is 64.8 Å². The molecule has 1 aliphatic carbocycles. The van der Waals surface area contributed by atoms with Crippen LogP contribution in [0.25, 0.3) is 0 Å². The van der Waals surface area contributed by atoms with Gasteiger partial charge in [0.15, 0.2) is 0 Å². The molecule has 2 heteroatoms. The summed E-state index contributed by atoms with van der Waals surface area (Å²) < 4.78 is 0. The molecule has 0 bridgehead atoms. The van der Waals surface area contributed by atoms with Gasteiger partial charge in [-0.1, -0.05) is 20.3 Å². The lowest BCUT2D eigenvalue weighted by Gasteiger charge is -2.17. The fourth-order valence-electron chi connectivity index (χ4n) is 3.51. The van der Waals surface area contributed by atoms with Crippen molar-refractivity contribution in [1.82, 2.24) is 10.2 Å². The van der Waals surface area contributed by atoms with Gasteiger partial charge in [0, 0.05) is 26.2 Å². The number of nitrogens with one attached hydrogen (secondary N) is 1. The Morgan fingerprint density at radius 3 is 2.47 bits per heavy atom. The third-order valence-corrected chi connectivity index (χ3v) is 4.54. The highest BCUT2D eigenvalue weighted by atomic mass is 15.2. The summed E-state index contributed by atoms with van der Waals surface area (Å²) in [6.07, 6.45) is 7.20. The second-order valence-electron chi connectivity index (χ2n) is 6.50. The van der Waals surface area contributed by atoms with Crippen LogP contribution in [-0.2, 0) is 0 Å². The van der Waals surface area contributed by atoms with Gasteiger partial charge in [0.25, 0.3) is 0 Å². The summed E-state index contributed by atoms with van der Waals surface area (Å²) in [4.78, 5) is 2.68. The van der Waals surface area contributed by atoms with Crippen LogP contribution < -0.4 is 5.32 Å². The van der Waals surface area contributed by atoms with Crippen molar-refractivity contribution in [2.24, 2.45) is 17.8 Å². The fraction of sp³-hybridized carbons (Fsp3) is 1.00. The Kier molecular flexibility index (Phi) is 5.30. The van der Waals surface area contributed by atoms with E-state index in [1.54, 1.807) is 0 Å². The van der Waals surface area contributed by atoms with Crippen LogP contribution in [0.3, 0.4) is 0 Å². The summed E-state index contributed by atoms with van der Waals surface area (Å²) in [7, 11) is 0. The summed E-state index contributed by atoms with van der Waals surface area (Å²) in [6, 6.07) is 0. The Bertz CT molecular complexity index is 203. The molecule has 2 rings (SSSR count). The van der Waals surface area contributed by atoms with E-state index in [2.05, 4.69) is 24.1 Å². The van der Waals surface area contributed by atoms with Crippen molar-refractivity contribution in [3.05, 3.63) is 0 Å². The third-order valence-electron chi connectivity index (χ3n) is 4.54. The smallest absolute Gasteiger partial charge is 0.0107 e. The van der Waals surface area contributed by atoms with Crippen molar-refractivity contribution in [1.29, 1.82) is 0 Å². The summed E-state index contributed by atoms with van der Waals surface area (Å²) in [5.41, 5.74) is 0. The third kappa shape index (κ3) is 4.26. The van der Waals surface area contributed by atoms with Crippen LogP contribution in [0.5, 0.6) is 0 Å². The van der Waals surface area contributed by atoms with Crippen LogP contribution in [0.2, 0.25) is 0 Å². The lowest BCUT2D eigenvalue weighted by atomic mass is 10.0. The Labute approximate surface area is 107 Å². The average Bonchev–Trinajstić information content (AvgIpc) is 2.82. The minimum Gasteiger partial charge on any atom is -0.315 e. The van der Waals surface area contributed by atoms with E-state index in [4.69, 9.17) is 0 Å². The Morgan fingerprint density at radius 2 is 1.82 bits per heavy atom. The summed E-state index contributed by atoms with van der Waals surface area (Å²) in [6.45, 7) is 11.1. The van der Waals surface area contributed by atoms with Gasteiger partial charge in [-0.2, -0.15) is 0 Å². The van der Waals surface area contributed by atoms with Crippen LogP contribution in [0.15, 0.2) is 0 Å². The predicted octanol–water partition coefficient (Wildman–Crippen LogP) is 2.74. The maximum Gasteiger partial charge on any atom is 0.0107 e. The molecule has 17 heavy (non-hydrogen) atoms. The van der Waals surface area contributed by atoms with Gasteiger partial charge < -0.3 is 10.2 Å². The summed E-state index contributed by atoms with van der Waals surface area (Å²) in [5, 5.41) is 3.59. The van der Waals surface area contributed by atoms with E-state index < -0.39 is 0 Å². The van der Waals surface area contributed by atoms with Crippen LogP contribution in [0, 0.1) is 17.8 Å². The van der Waals surface area contributed by atoms with E-state index in [1.807, 2.05) is 0 Å². The van der Waals surface area contributed by atoms with Crippen molar-refractivity contribution in [2.75, 3.05) is 32.7 Å². The topological polar surface area (TPSA) is 15.3 Å². The standard InChI is InChI=1S/C15H30N2/c1-13(2)5-4-8-16-9-10-17-11-14-6-3-7-15(14)12-17/h13-16H,3-12H2,1-2H3. The highest BCUT2D eigenvalue weighted by molar-refractivity contribution is 4.88. The molecule has 0 amide bonds. The van der Waals surface area contributed by atoms with Crippen molar-refractivity contribution in [3.8, 4) is 0 Å². The molecule has 2 nitrogen and oxygen atoms in total. The average molecular weight is 238 g/mol. The quantitative estimate of drug-likeness (QED) is 0.686. The monoisotopic (exact) mass is 238 g/mol. The molecule has 1 N–H and O–H groups in total. The number of fused-ring (bicyclic) bond motifs is 1. The number of rotatable bonds is 7. The van der Waals surface area contributed by atoms with Crippen molar-refractivity contribution >= 4 is 0 Å². The van der Waals surface area contributed by atoms with Crippen molar-refractivity contribution in [2.45, 2.75) is 46.0 Å². The highest BCUT2D eigenvalue weighted by Gasteiger charge is 2.35. The summed E-state index contributed by atoms with van der Waals surface area (Å²) in [5.74, 6) is 2.96. The van der Waals surface area contributed by atoms with Gasteiger partial charge in [0.2, 0.25) is 0 Å². The maximum atomic E-state index is 3.59. The van der Waals surface area contributed by atoms with E-state index in [0.29, 0.717) is 0 Å². The first-order valence-electron chi connectivity index (χ1n) is 7.69. The molecule has 0 radical (unpaired) electrons. The molecule has 2 unspecified atom stereocenters. The molecule has 1 aliphatic heterocycles. The van der Waals surface area contributed by atoms with Gasteiger partial charge in [-0.25, -0.2) is 0 Å². The number of nitrogens with zero attached hydrogens (tertiary/aromatic N) is 1. The van der Waals surface area contributed by atoms with Crippen molar-refractivity contribution < 1.29 is 0 Å². The molecule has 0 spiro atoms. The second kappa shape index (κ2) is 6.75. The molecule has 0 aromatic heterocycles. The lowest BCUT2D eigenvalue weighted by Crippen LogP contribution is -2.31. The molecule has 0 aromatic carbocycles.